The summed E-state index contributed by atoms with van der Waals surface area (Å²) in [5.74, 6) is 1.59. The van der Waals surface area contributed by atoms with Gasteiger partial charge in [-0.2, -0.15) is 0 Å². The maximum Gasteiger partial charge on any atom is 0.162 e. The van der Waals surface area contributed by atoms with E-state index < -0.39 is 0 Å². The van der Waals surface area contributed by atoms with E-state index in [9.17, 15) is 0 Å². The Morgan fingerprint density at radius 1 is 1.00 bits per heavy atom. The fraction of sp³-hybridized carbons (Fsp3) is 0.600. The molecule has 1 aromatic rings. The van der Waals surface area contributed by atoms with Crippen molar-refractivity contribution in [2.24, 2.45) is 0 Å². The Balaban J connectivity index is 2.16. The quantitative estimate of drug-likeness (QED) is 0.815. The summed E-state index contributed by atoms with van der Waals surface area (Å²) >= 11 is 0. The van der Waals surface area contributed by atoms with Crippen LogP contribution in [0.4, 0.5) is 5.69 Å². The summed E-state index contributed by atoms with van der Waals surface area (Å²) in [5, 5.41) is 0. The molecule has 18 heavy (non-hydrogen) atoms. The molecule has 0 aliphatic heterocycles. The summed E-state index contributed by atoms with van der Waals surface area (Å²) in [6, 6.07) is 6.81. The lowest BCUT2D eigenvalue weighted by Gasteiger charge is -2.33. The Kier molecular flexibility index (Phi) is 4.34. The van der Waals surface area contributed by atoms with Gasteiger partial charge in [0.05, 0.1) is 14.2 Å². The summed E-state index contributed by atoms with van der Waals surface area (Å²) in [5.41, 5.74) is 1.21. The first-order valence-electron chi connectivity index (χ1n) is 6.71. The Hall–Kier alpha value is -1.38. The Bertz CT molecular complexity index is 386. The normalized spacial score (nSPS) is 16.4. The number of hydrogen-bond acceptors (Lipinski definition) is 3. The molecule has 0 N–H and O–H groups in total. The highest BCUT2D eigenvalue weighted by Gasteiger charge is 2.19. The van der Waals surface area contributed by atoms with Gasteiger partial charge in [-0.3, -0.25) is 0 Å². The maximum absolute atomic E-state index is 5.36. The molecular weight excluding hydrogens is 226 g/mol. The zero-order valence-corrected chi connectivity index (χ0v) is 11.6. The van der Waals surface area contributed by atoms with Crippen LogP contribution in [-0.4, -0.2) is 27.3 Å². The van der Waals surface area contributed by atoms with Crippen molar-refractivity contribution < 1.29 is 9.47 Å². The molecule has 1 fully saturated rings. The number of anilines is 1. The first-order chi connectivity index (χ1) is 8.76. The van der Waals surface area contributed by atoms with E-state index >= 15 is 0 Å². The minimum absolute atomic E-state index is 0.664. The molecule has 2 rings (SSSR count). The Morgan fingerprint density at radius 2 is 1.67 bits per heavy atom. The highest BCUT2D eigenvalue weighted by Crippen LogP contribution is 2.33. The van der Waals surface area contributed by atoms with Gasteiger partial charge >= 0.3 is 0 Å². The first-order valence-corrected chi connectivity index (χ1v) is 6.71. The molecule has 0 heterocycles. The van der Waals surface area contributed by atoms with Gasteiger partial charge in [0, 0.05) is 24.8 Å². The summed E-state index contributed by atoms with van der Waals surface area (Å²) in [4.78, 5) is 2.38. The molecule has 0 radical (unpaired) electrons. The second-order valence-electron chi connectivity index (χ2n) is 4.94. The minimum atomic E-state index is 0.664. The van der Waals surface area contributed by atoms with Crippen LogP contribution in [0.1, 0.15) is 32.1 Å². The molecule has 3 nitrogen and oxygen atoms in total. The molecule has 0 atom stereocenters. The van der Waals surface area contributed by atoms with Crippen molar-refractivity contribution in [3.63, 3.8) is 0 Å². The number of ether oxygens (including phenoxy) is 2. The lowest BCUT2D eigenvalue weighted by molar-refractivity contribution is 0.354. The third kappa shape index (κ3) is 2.71. The molecular formula is C15H23NO2. The van der Waals surface area contributed by atoms with E-state index in [2.05, 4.69) is 24.1 Å². The van der Waals surface area contributed by atoms with Crippen molar-refractivity contribution in [2.45, 2.75) is 38.1 Å². The Morgan fingerprint density at radius 3 is 2.28 bits per heavy atom. The average Bonchev–Trinajstić information content (AvgIpc) is 2.46. The van der Waals surface area contributed by atoms with Crippen LogP contribution in [0.15, 0.2) is 18.2 Å². The fourth-order valence-corrected chi connectivity index (χ4v) is 2.72. The molecule has 1 aliphatic carbocycles. The second kappa shape index (κ2) is 5.98. The highest BCUT2D eigenvalue weighted by molar-refractivity contribution is 5.56. The summed E-state index contributed by atoms with van der Waals surface area (Å²) in [6.45, 7) is 0. The van der Waals surface area contributed by atoms with Crippen molar-refractivity contribution in [1.29, 1.82) is 0 Å². The van der Waals surface area contributed by atoms with Crippen molar-refractivity contribution in [3.05, 3.63) is 18.2 Å². The van der Waals surface area contributed by atoms with Crippen LogP contribution in [0.5, 0.6) is 11.5 Å². The fourth-order valence-electron chi connectivity index (χ4n) is 2.72. The number of nitrogens with zero attached hydrogens (tertiary/aromatic N) is 1. The van der Waals surface area contributed by atoms with Gasteiger partial charge in [-0.25, -0.2) is 0 Å². The molecule has 1 saturated carbocycles. The maximum atomic E-state index is 5.36. The van der Waals surface area contributed by atoms with Gasteiger partial charge in [-0.15, -0.1) is 0 Å². The highest BCUT2D eigenvalue weighted by atomic mass is 16.5. The average molecular weight is 249 g/mol. The van der Waals surface area contributed by atoms with E-state index in [1.807, 2.05) is 6.07 Å². The molecule has 0 bridgehead atoms. The van der Waals surface area contributed by atoms with Gasteiger partial charge in [0.25, 0.3) is 0 Å². The van der Waals surface area contributed by atoms with Gasteiger partial charge in [0.1, 0.15) is 0 Å². The molecule has 0 amide bonds. The minimum Gasteiger partial charge on any atom is -0.493 e. The largest absolute Gasteiger partial charge is 0.493 e. The van der Waals surface area contributed by atoms with E-state index in [0.717, 1.165) is 11.5 Å². The van der Waals surface area contributed by atoms with Crippen molar-refractivity contribution in [2.75, 3.05) is 26.2 Å². The first kappa shape index (κ1) is 13.1. The molecule has 1 aliphatic rings. The van der Waals surface area contributed by atoms with Crippen molar-refractivity contribution in [3.8, 4) is 11.5 Å². The van der Waals surface area contributed by atoms with E-state index in [1.165, 1.54) is 37.8 Å². The van der Waals surface area contributed by atoms with Gasteiger partial charge in [-0.1, -0.05) is 19.3 Å². The molecule has 3 heteroatoms. The predicted molar refractivity (Wildman–Crippen MR) is 74.8 cm³/mol. The Labute approximate surface area is 110 Å². The number of benzene rings is 1. The lowest BCUT2D eigenvalue weighted by Crippen LogP contribution is -2.33. The van der Waals surface area contributed by atoms with E-state index in [4.69, 9.17) is 9.47 Å². The lowest BCUT2D eigenvalue weighted by atomic mass is 9.94. The van der Waals surface area contributed by atoms with Crippen LogP contribution in [0.2, 0.25) is 0 Å². The third-order valence-corrected chi connectivity index (χ3v) is 3.90. The number of rotatable bonds is 4. The van der Waals surface area contributed by atoms with Crippen molar-refractivity contribution >= 4 is 5.69 Å². The van der Waals surface area contributed by atoms with Crippen LogP contribution in [0, 0.1) is 0 Å². The summed E-state index contributed by atoms with van der Waals surface area (Å²) < 4.78 is 10.6. The second-order valence-corrected chi connectivity index (χ2v) is 4.94. The molecule has 0 spiro atoms. The SMILES string of the molecule is COc1ccc(N(C)C2CCCCC2)cc1OC. The van der Waals surface area contributed by atoms with Gasteiger partial charge in [0.15, 0.2) is 11.5 Å². The molecule has 1 aromatic carbocycles. The van der Waals surface area contributed by atoms with Crippen LogP contribution in [0.3, 0.4) is 0 Å². The summed E-state index contributed by atoms with van der Waals surface area (Å²) in [6.07, 6.45) is 6.68. The predicted octanol–water partition coefficient (Wildman–Crippen LogP) is 3.47. The van der Waals surface area contributed by atoms with E-state index in [-0.39, 0.29) is 0 Å². The molecule has 0 unspecified atom stereocenters. The standard InChI is InChI=1S/C15H23NO2/c1-16(12-7-5-4-6-8-12)13-9-10-14(17-2)15(11-13)18-3/h9-12H,4-8H2,1-3H3. The smallest absolute Gasteiger partial charge is 0.162 e. The van der Waals surface area contributed by atoms with Crippen molar-refractivity contribution in [1.82, 2.24) is 0 Å². The van der Waals surface area contributed by atoms with Crippen LogP contribution < -0.4 is 14.4 Å². The third-order valence-electron chi connectivity index (χ3n) is 3.90. The van der Waals surface area contributed by atoms with Crippen LogP contribution in [-0.2, 0) is 0 Å². The van der Waals surface area contributed by atoms with E-state index in [1.54, 1.807) is 14.2 Å². The zero-order valence-electron chi connectivity index (χ0n) is 11.6. The van der Waals surface area contributed by atoms with Gasteiger partial charge in [-0.05, 0) is 25.0 Å². The zero-order chi connectivity index (χ0) is 13.0. The molecule has 0 saturated heterocycles. The van der Waals surface area contributed by atoms with Gasteiger partial charge < -0.3 is 14.4 Å². The van der Waals surface area contributed by atoms with Gasteiger partial charge in [0.2, 0.25) is 0 Å². The monoisotopic (exact) mass is 249 g/mol. The van der Waals surface area contributed by atoms with Crippen LogP contribution in [0.25, 0.3) is 0 Å². The number of methoxy groups -OCH3 is 2. The van der Waals surface area contributed by atoms with E-state index in [0.29, 0.717) is 6.04 Å². The summed E-state index contributed by atoms with van der Waals surface area (Å²) in [7, 11) is 5.53. The topological polar surface area (TPSA) is 21.7 Å². The number of hydrogen-bond donors (Lipinski definition) is 0. The molecule has 100 valence electrons. The van der Waals surface area contributed by atoms with Crippen LogP contribution >= 0.6 is 0 Å². The molecule has 0 aromatic heterocycles.